The lowest BCUT2D eigenvalue weighted by atomic mass is 10.1. The lowest BCUT2D eigenvalue weighted by molar-refractivity contribution is -0.385. The molecule has 0 unspecified atom stereocenters. The molecule has 0 atom stereocenters. The minimum absolute atomic E-state index is 0.0862. The first-order valence-corrected chi connectivity index (χ1v) is 6.44. The van der Waals surface area contributed by atoms with Crippen molar-refractivity contribution in [3.8, 4) is 0 Å². The Balaban J connectivity index is 2.83. The van der Waals surface area contributed by atoms with Gasteiger partial charge in [-0.05, 0) is 18.9 Å². The SMILES string of the molecule is COC(=O)CCCN(C)C(=O)c1c(C)cccc1[N+](=O)[O-]. The first-order valence-electron chi connectivity index (χ1n) is 6.44. The van der Waals surface area contributed by atoms with Crippen molar-refractivity contribution in [3.05, 3.63) is 39.4 Å². The Bertz CT molecular complexity index is 556. The highest BCUT2D eigenvalue weighted by molar-refractivity contribution is 5.99. The Hall–Kier alpha value is -2.44. The molecule has 0 N–H and O–H groups in total. The van der Waals surface area contributed by atoms with E-state index >= 15 is 0 Å². The molecule has 0 saturated carbocycles. The number of benzene rings is 1. The molecule has 0 bridgehead atoms. The van der Waals surface area contributed by atoms with Gasteiger partial charge in [-0.3, -0.25) is 19.7 Å². The molecule has 0 aliphatic rings. The number of methoxy groups -OCH3 is 1. The standard InChI is InChI=1S/C14H18N2O5/c1-10-6-4-7-11(16(19)20)13(10)14(18)15(2)9-5-8-12(17)21-3/h4,6-7H,5,8-9H2,1-3H3. The largest absolute Gasteiger partial charge is 0.469 e. The summed E-state index contributed by atoms with van der Waals surface area (Å²) >= 11 is 0. The molecule has 1 aromatic rings. The first kappa shape index (κ1) is 16.6. The van der Waals surface area contributed by atoms with E-state index in [4.69, 9.17) is 0 Å². The molecule has 0 aliphatic heterocycles. The predicted molar refractivity (Wildman–Crippen MR) is 76.0 cm³/mol. The van der Waals surface area contributed by atoms with Crippen LogP contribution in [0.2, 0.25) is 0 Å². The van der Waals surface area contributed by atoms with Crippen molar-refractivity contribution in [2.45, 2.75) is 19.8 Å². The zero-order valence-electron chi connectivity index (χ0n) is 12.3. The molecule has 0 fully saturated rings. The van der Waals surface area contributed by atoms with E-state index in [-0.39, 0.29) is 23.6 Å². The van der Waals surface area contributed by atoms with Gasteiger partial charge in [-0.15, -0.1) is 0 Å². The Morgan fingerprint density at radius 2 is 2.05 bits per heavy atom. The summed E-state index contributed by atoms with van der Waals surface area (Å²) in [5.74, 6) is -0.776. The summed E-state index contributed by atoms with van der Waals surface area (Å²) in [6.07, 6.45) is 0.637. The molecule has 1 rings (SSSR count). The zero-order chi connectivity index (χ0) is 16.0. The van der Waals surface area contributed by atoms with Gasteiger partial charge in [0.1, 0.15) is 5.56 Å². The Morgan fingerprint density at radius 3 is 2.62 bits per heavy atom. The molecular weight excluding hydrogens is 276 g/mol. The summed E-state index contributed by atoms with van der Waals surface area (Å²) in [5.41, 5.74) is 0.428. The van der Waals surface area contributed by atoms with Crippen LogP contribution in [0.25, 0.3) is 0 Å². The maximum Gasteiger partial charge on any atom is 0.305 e. The molecule has 0 heterocycles. The number of nitro benzene ring substituents is 1. The molecule has 21 heavy (non-hydrogen) atoms. The van der Waals surface area contributed by atoms with Crippen molar-refractivity contribution in [1.29, 1.82) is 0 Å². The fourth-order valence-electron chi connectivity index (χ4n) is 1.94. The van der Waals surface area contributed by atoms with Crippen molar-refractivity contribution in [3.63, 3.8) is 0 Å². The fraction of sp³-hybridized carbons (Fsp3) is 0.429. The number of ether oxygens (including phenoxy) is 1. The molecule has 0 aliphatic carbocycles. The second kappa shape index (κ2) is 7.37. The Morgan fingerprint density at radius 1 is 1.38 bits per heavy atom. The number of carbonyl (C=O) groups is 2. The van der Waals surface area contributed by atoms with Gasteiger partial charge < -0.3 is 9.64 Å². The monoisotopic (exact) mass is 294 g/mol. The van der Waals surface area contributed by atoms with Crippen molar-refractivity contribution in [2.24, 2.45) is 0 Å². The minimum Gasteiger partial charge on any atom is -0.469 e. The molecular formula is C14H18N2O5. The number of nitro groups is 1. The van der Waals surface area contributed by atoms with Gasteiger partial charge in [0.2, 0.25) is 0 Å². The van der Waals surface area contributed by atoms with Crippen LogP contribution in [-0.2, 0) is 9.53 Å². The molecule has 7 heteroatoms. The van der Waals surface area contributed by atoms with E-state index in [2.05, 4.69) is 4.74 Å². The summed E-state index contributed by atoms with van der Waals surface area (Å²) in [6, 6.07) is 4.51. The smallest absolute Gasteiger partial charge is 0.305 e. The third-order valence-corrected chi connectivity index (χ3v) is 3.11. The van der Waals surface area contributed by atoms with Crippen LogP contribution in [0, 0.1) is 17.0 Å². The van der Waals surface area contributed by atoms with Gasteiger partial charge >= 0.3 is 5.97 Å². The fourth-order valence-corrected chi connectivity index (χ4v) is 1.94. The Kier molecular flexibility index (Phi) is 5.83. The van der Waals surface area contributed by atoms with Gasteiger partial charge in [-0.2, -0.15) is 0 Å². The van der Waals surface area contributed by atoms with E-state index in [1.807, 2.05) is 0 Å². The van der Waals surface area contributed by atoms with E-state index in [1.54, 1.807) is 26.1 Å². The van der Waals surface area contributed by atoms with Gasteiger partial charge in [-0.25, -0.2) is 0 Å². The van der Waals surface area contributed by atoms with Crippen LogP contribution in [0.5, 0.6) is 0 Å². The van der Waals surface area contributed by atoms with Crippen LogP contribution in [0.3, 0.4) is 0 Å². The maximum atomic E-state index is 12.3. The van der Waals surface area contributed by atoms with Gasteiger partial charge in [0.05, 0.1) is 12.0 Å². The topological polar surface area (TPSA) is 89.8 Å². The van der Waals surface area contributed by atoms with Crippen molar-refractivity contribution < 1.29 is 19.2 Å². The van der Waals surface area contributed by atoms with E-state index in [0.29, 0.717) is 18.5 Å². The van der Waals surface area contributed by atoms with Crippen molar-refractivity contribution in [1.82, 2.24) is 4.90 Å². The van der Waals surface area contributed by atoms with E-state index in [1.165, 1.54) is 18.1 Å². The van der Waals surface area contributed by atoms with Gasteiger partial charge in [0.25, 0.3) is 11.6 Å². The summed E-state index contributed by atoms with van der Waals surface area (Å²) in [4.78, 5) is 35.2. The van der Waals surface area contributed by atoms with Crippen LogP contribution in [0.4, 0.5) is 5.69 Å². The van der Waals surface area contributed by atoms with E-state index in [9.17, 15) is 19.7 Å². The molecule has 0 spiro atoms. The van der Waals surface area contributed by atoms with Gasteiger partial charge in [0.15, 0.2) is 0 Å². The van der Waals surface area contributed by atoms with Crippen molar-refractivity contribution >= 4 is 17.6 Å². The van der Waals surface area contributed by atoms with Crippen LogP contribution in [-0.4, -0.2) is 42.4 Å². The number of nitrogens with zero attached hydrogens (tertiary/aromatic N) is 2. The molecule has 114 valence electrons. The normalized spacial score (nSPS) is 10.0. The second-order valence-electron chi connectivity index (χ2n) is 4.63. The molecule has 1 aromatic carbocycles. The number of hydrogen-bond acceptors (Lipinski definition) is 5. The Labute approximate surface area is 122 Å². The molecule has 0 aromatic heterocycles. The van der Waals surface area contributed by atoms with E-state index < -0.39 is 10.8 Å². The highest BCUT2D eigenvalue weighted by Crippen LogP contribution is 2.23. The second-order valence-corrected chi connectivity index (χ2v) is 4.63. The first-order chi connectivity index (χ1) is 9.88. The van der Waals surface area contributed by atoms with E-state index in [0.717, 1.165) is 0 Å². The summed E-state index contributed by atoms with van der Waals surface area (Å²) in [6.45, 7) is 1.97. The van der Waals surface area contributed by atoms with Crippen LogP contribution in [0.1, 0.15) is 28.8 Å². The summed E-state index contributed by atoms with van der Waals surface area (Å²) in [5, 5.41) is 11.0. The van der Waals surface area contributed by atoms with Crippen molar-refractivity contribution in [2.75, 3.05) is 20.7 Å². The lowest BCUT2D eigenvalue weighted by Gasteiger charge is -2.18. The maximum absolute atomic E-state index is 12.3. The predicted octanol–water partition coefficient (Wildman–Crippen LogP) is 1.93. The molecule has 1 amide bonds. The average Bonchev–Trinajstić information content (AvgIpc) is 2.45. The third-order valence-electron chi connectivity index (χ3n) is 3.11. The van der Waals surface area contributed by atoms with Gasteiger partial charge in [-0.1, -0.05) is 12.1 Å². The summed E-state index contributed by atoms with van der Waals surface area (Å²) < 4.78 is 4.52. The molecule has 0 saturated heterocycles. The number of carbonyl (C=O) groups excluding carboxylic acids is 2. The summed E-state index contributed by atoms with van der Waals surface area (Å²) in [7, 11) is 2.85. The number of rotatable bonds is 6. The highest BCUT2D eigenvalue weighted by atomic mass is 16.6. The van der Waals surface area contributed by atoms with Crippen LogP contribution in [0.15, 0.2) is 18.2 Å². The van der Waals surface area contributed by atoms with Gasteiger partial charge in [0, 0.05) is 26.1 Å². The zero-order valence-corrected chi connectivity index (χ0v) is 12.3. The number of aryl methyl sites for hydroxylation is 1. The van der Waals surface area contributed by atoms with Crippen LogP contribution >= 0.6 is 0 Å². The lowest BCUT2D eigenvalue weighted by Crippen LogP contribution is -2.29. The molecule has 7 nitrogen and oxygen atoms in total. The number of esters is 1. The average molecular weight is 294 g/mol. The highest BCUT2D eigenvalue weighted by Gasteiger charge is 2.24. The third kappa shape index (κ3) is 4.27. The minimum atomic E-state index is -0.567. The van der Waals surface area contributed by atoms with Crippen LogP contribution < -0.4 is 0 Å². The molecule has 0 radical (unpaired) electrons. The number of hydrogen-bond donors (Lipinski definition) is 0. The quantitative estimate of drug-likeness (QED) is 0.454. The number of amides is 1.